The summed E-state index contributed by atoms with van der Waals surface area (Å²) in [6, 6.07) is 0. The fourth-order valence-corrected chi connectivity index (χ4v) is 2.80. The van der Waals surface area contributed by atoms with Gasteiger partial charge in [-0.25, -0.2) is 0 Å². The van der Waals surface area contributed by atoms with Crippen molar-refractivity contribution in [2.24, 2.45) is 5.73 Å². The summed E-state index contributed by atoms with van der Waals surface area (Å²) in [5.74, 6) is 0.720. The van der Waals surface area contributed by atoms with Gasteiger partial charge in [0.05, 0.1) is 159 Å². The highest BCUT2D eigenvalue weighted by atomic mass is 35.5. The van der Waals surface area contributed by atoms with Gasteiger partial charge in [0.25, 0.3) is 0 Å². The Morgan fingerprint density at radius 3 is 0.561 bits per heavy atom. The molecule has 0 aromatic heterocycles. The van der Waals surface area contributed by atoms with Crippen molar-refractivity contribution in [2.75, 3.05) is 171 Å². The van der Waals surface area contributed by atoms with Crippen LogP contribution in [-0.4, -0.2) is 171 Å². The van der Waals surface area contributed by atoms with Gasteiger partial charge >= 0.3 is 0 Å². The summed E-state index contributed by atoms with van der Waals surface area (Å²) in [6.45, 7) is 13.4. The fraction of sp³-hybridized carbons (Fsp3) is 1.00. The Labute approximate surface area is 258 Å². The number of nitrogens with two attached hydrogens (primary N) is 1. The van der Waals surface area contributed by atoms with Gasteiger partial charge in [-0.3, -0.25) is 0 Å². The van der Waals surface area contributed by atoms with Crippen LogP contribution in [0.3, 0.4) is 0 Å². The molecule has 0 spiro atoms. The van der Waals surface area contributed by atoms with Crippen molar-refractivity contribution in [3.63, 3.8) is 0 Å². The standard InChI is InChI=1S/C26H55NO12S.ClH/c27-1-2-28-3-4-29-5-6-30-7-8-31-9-10-32-11-12-33-13-14-34-15-16-35-17-18-36-19-20-37-21-22-38-23-24-39-25-26-40;/h40H,1-27H2;1H. The van der Waals surface area contributed by atoms with E-state index in [1.54, 1.807) is 0 Å². The lowest BCUT2D eigenvalue weighted by Crippen LogP contribution is -2.15. The first-order valence-corrected chi connectivity index (χ1v) is 14.8. The molecule has 0 bridgehead atoms. The van der Waals surface area contributed by atoms with Crippen LogP contribution in [0.15, 0.2) is 0 Å². The minimum absolute atomic E-state index is 0. The van der Waals surface area contributed by atoms with Crippen LogP contribution in [0.4, 0.5) is 0 Å². The van der Waals surface area contributed by atoms with E-state index >= 15 is 0 Å². The van der Waals surface area contributed by atoms with Crippen molar-refractivity contribution in [1.82, 2.24) is 0 Å². The van der Waals surface area contributed by atoms with E-state index in [4.69, 9.17) is 62.6 Å². The Morgan fingerprint density at radius 2 is 0.415 bits per heavy atom. The topological polar surface area (TPSA) is 137 Å². The number of ether oxygens (including phenoxy) is 12. The number of hydrogen-bond donors (Lipinski definition) is 2. The average Bonchev–Trinajstić information content (AvgIpc) is 2.97. The van der Waals surface area contributed by atoms with E-state index in [9.17, 15) is 0 Å². The number of halogens is 1. The molecule has 250 valence electrons. The molecule has 41 heavy (non-hydrogen) atoms. The molecule has 0 fully saturated rings. The first-order chi connectivity index (χ1) is 19.9. The zero-order chi connectivity index (χ0) is 28.9. The lowest BCUT2D eigenvalue weighted by molar-refractivity contribution is -0.0282. The predicted octanol–water partition coefficient (Wildman–Crippen LogP) is 0.496. The van der Waals surface area contributed by atoms with Gasteiger partial charge in [0.15, 0.2) is 0 Å². The summed E-state index contributed by atoms with van der Waals surface area (Å²) in [5.41, 5.74) is 5.32. The molecular weight excluding hydrogens is 586 g/mol. The van der Waals surface area contributed by atoms with Gasteiger partial charge in [-0.1, -0.05) is 0 Å². The highest BCUT2D eigenvalue weighted by Crippen LogP contribution is 1.87. The number of thiol groups is 1. The van der Waals surface area contributed by atoms with Crippen molar-refractivity contribution < 1.29 is 56.8 Å². The maximum absolute atomic E-state index is 5.46. The van der Waals surface area contributed by atoms with Gasteiger partial charge in [-0.15, -0.1) is 12.4 Å². The Hall–Kier alpha value is 0.120. The molecule has 0 aromatic carbocycles. The van der Waals surface area contributed by atoms with Crippen LogP contribution in [0.2, 0.25) is 0 Å². The third kappa shape index (κ3) is 42.3. The van der Waals surface area contributed by atoms with Crippen LogP contribution in [0, 0.1) is 0 Å². The van der Waals surface area contributed by atoms with E-state index in [1.807, 2.05) is 0 Å². The number of hydrogen-bond acceptors (Lipinski definition) is 14. The maximum atomic E-state index is 5.46. The van der Waals surface area contributed by atoms with Crippen molar-refractivity contribution in [3.05, 3.63) is 0 Å². The summed E-state index contributed by atoms with van der Waals surface area (Å²) in [5, 5.41) is 0. The number of rotatable bonds is 37. The Morgan fingerprint density at radius 1 is 0.268 bits per heavy atom. The zero-order valence-corrected chi connectivity index (χ0v) is 26.4. The second kappa shape index (κ2) is 42.3. The molecule has 0 amide bonds. The first-order valence-electron chi connectivity index (χ1n) is 14.2. The largest absolute Gasteiger partial charge is 0.378 e. The third-order valence-electron chi connectivity index (χ3n) is 4.59. The van der Waals surface area contributed by atoms with Crippen LogP contribution in [0.25, 0.3) is 0 Å². The molecule has 15 heteroatoms. The van der Waals surface area contributed by atoms with E-state index in [0.29, 0.717) is 165 Å². The third-order valence-corrected chi connectivity index (χ3v) is 4.77. The normalized spacial score (nSPS) is 11.3. The summed E-state index contributed by atoms with van der Waals surface area (Å²) >= 11 is 4.06. The first kappa shape index (κ1) is 43.2. The molecule has 0 aliphatic rings. The van der Waals surface area contributed by atoms with Crippen molar-refractivity contribution in [3.8, 4) is 0 Å². The highest BCUT2D eigenvalue weighted by Gasteiger charge is 1.96. The summed E-state index contributed by atoms with van der Waals surface area (Å²) in [4.78, 5) is 0. The molecule has 0 rings (SSSR count). The molecule has 0 saturated heterocycles. The second-order valence-corrected chi connectivity index (χ2v) is 8.31. The van der Waals surface area contributed by atoms with Crippen LogP contribution < -0.4 is 5.73 Å². The Bertz CT molecular complexity index is 415. The van der Waals surface area contributed by atoms with E-state index in [-0.39, 0.29) is 12.4 Å². The van der Waals surface area contributed by atoms with Crippen LogP contribution in [0.1, 0.15) is 0 Å². The highest BCUT2D eigenvalue weighted by molar-refractivity contribution is 7.80. The molecule has 0 radical (unpaired) electrons. The SMILES string of the molecule is Cl.NCCOCCOCCOCCOCCOCCOCCOCCOCCOCCOCCOCCOCCS. The quantitative estimate of drug-likeness (QED) is 0.0720. The minimum atomic E-state index is 0. The van der Waals surface area contributed by atoms with Crippen molar-refractivity contribution >= 4 is 25.0 Å². The monoisotopic (exact) mass is 641 g/mol. The molecule has 0 aromatic rings. The van der Waals surface area contributed by atoms with E-state index < -0.39 is 0 Å². The molecule has 0 unspecified atom stereocenters. The van der Waals surface area contributed by atoms with Crippen molar-refractivity contribution in [1.29, 1.82) is 0 Å². The van der Waals surface area contributed by atoms with Crippen LogP contribution in [-0.2, 0) is 56.8 Å². The minimum Gasteiger partial charge on any atom is -0.378 e. The average molecular weight is 642 g/mol. The smallest absolute Gasteiger partial charge is 0.0701 e. The predicted molar refractivity (Wildman–Crippen MR) is 160 cm³/mol. The maximum Gasteiger partial charge on any atom is 0.0701 e. The fourth-order valence-electron chi connectivity index (χ4n) is 2.67. The molecule has 0 saturated carbocycles. The van der Waals surface area contributed by atoms with Gasteiger partial charge < -0.3 is 62.6 Å². The summed E-state index contributed by atoms with van der Waals surface area (Å²) < 4.78 is 64.7. The van der Waals surface area contributed by atoms with Crippen molar-refractivity contribution in [2.45, 2.75) is 0 Å². The summed E-state index contributed by atoms with van der Waals surface area (Å²) in [6.07, 6.45) is 0. The zero-order valence-electron chi connectivity index (χ0n) is 24.7. The summed E-state index contributed by atoms with van der Waals surface area (Å²) in [7, 11) is 0. The van der Waals surface area contributed by atoms with Gasteiger partial charge in [0, 0.05) is 12.3 Å². The Balaban J connectivity index is 0. The lowest BCUT2D eigenvalue weighted by atomic mass is 10.6. The van der Waals surface area contributed by atoms with Crippen LogP contribution >= 0.6 is 25.0 Å². The molecule has 2 N–H and O–H groups in total. The Kier molecular flexibility index (Phi) is 44.6. The molecular formula is C26H56ClNO12S. The molecule has 0 aliphatic carbocycles. The van der Waals surface area contributed by atoms with Gasteiger partial charge in [-0.05, 0) is 0 Å². The second-order valence-electron chi connectivity index (χ2n) is 7.86. The van der Waals surface area contributed by atoms with Gasteiger partial charge in [0.2, 0.25) is 0 Å². The van der Waals surface area contributed by atoms with E-state index in [2.05, 4.69) is 12.6 Å². The molecule has 0 heterocycles. The molecule has 0 aliphatic heterocycles. The molecule has 0 atom stereocenters. The van der Waals surface area contributed by atoms with Gasteiger partial charge in [0.1, 0.15) is 0 Å². The molecule has 13 nitrogen and oxygen atoms in total. The van der Waals surface area contributed by atoms with E-state index in [1.165, 1.54) is 0 Å². The van der Waals surface area contributed by atoms with Crippen LogP contribution in [0.5, 0.6) is 0 Å². The van der Waals surface area contributed by atoms with Gasteiger partial charge in [-0.2, -0.15) is 12.6 Å². The van der Waals surface area contributed by atoms with E-state index in [0.717, 1.165) is 5.75 Å². The lowest BCUT2D eigenvalue weighted by Gasteiger charge is -2.09.